The maximum absolute atomic E-state index is 11.7. The number of aliphatic carboxylic acids is 1. The zero-order valence-corrected chi connectivity index (χ0v) is 20.9. The lowest BCUT2D eigenvalue weighted by atomic mass is 9.77. The van der Waals surface area contributed by atoms with Crippen LogP contribution in [-0.4, -0.2) is 17.7 Å². The van der Waals surface area contributed by atoms with Gasteiger partial charge in [-0.25, -0.2) is 0 Å². The molecule has 1 N–H and O–H groups in total. The molecule has 0 heterocycles. The third-order valence-electron chi connectivity index (χ3n) is 8.63. The van der Waals surface area contributed by atoms with Crippen LogP contribution in [0.4, 0.5) is 0 Å². The first-order chi connectivity index (χ1) is 16.3. The van der Waals surface area contributed by atoms with Crippen molar-refractivity contribution in [2.75, 3.05) is 6.61 Å². The van der Waals surface area contributed by atoms with Gasteiger partial charge in [0.2, 0.25) is 0 Å². The molecule has 0 bridgehead atoms. The van der Waals surface area contributed by atoms with Gasteiger partial charge in [-0.15, -0.1) is 0 Å². The van der Waals surface area contributed by atoms with Gasteiger partial charge in [-0.3, -0.25) is 4.79 Å². The normalized spacial score (nSPS) is 26.8. The number of carboxylic acids is 1. The Kier molecular flexibility index (Phi) is 6.12. The highest BCUT2D eigenvalue weighted by Gasteiger charge is 2.60. The van der Waals surface area contributed by atoms with E-state index in [0.29, 0.717) is 12.5 Å². The van der Waals surface area contributed by atoms with Crippen molar-refractivity contribution in [3.8, 4) is 11.5 Å². The van der Waals surface area contributed by atoms with Crippen LogP contribution in [0.25, 0.3) is 0 Å². The largest absolute Gasteiger partial charge is 0.493 e. The predicted octanol–water partition coefficient (Wildman–Crippen LogP) is 7.03. The molecule has 0 radical (unpaired) electrons. The molecule has 3 aliphatic carbocycles. The number of ether oxygens (including phenoxy) is 2. The molecule has 2 saturated carbocycles. The monoisotopic (exact) mass is 462 g/mol. The predicted molar refractivity (Wildman–Crippen MR) is 134 cm³/mol. The first-order valence-corrected chi connectivity index (χ1v) is 13.1. The molecular weight excluding hydrogens is 424 g/mol. The van der Waals surface area contributed by atoms with Gasteiger partial charge in [0.15, 0.2) is 0 Å². The van der Waals surface area contributed by atoms with Crippen molar-refractivity contribution >= 4 is 5.97 Å². The van der Waals surface area contributed by atoms with Gasteiger partial charge >= 0.3 is 5.97 Å². The number of hydrogen-bond donors (Lipinski definition) is 1. The molecule has 0 amide bonds. The van der Waals surface area contributed by atoms with E-state index in [4.69, 9.17) is 9.47 Å². The molecule has 2 aromatic rings. The van der Waals surface area contributed by atoms with Crippen molar-refractivity contribution in [1.82, 2.24) is 0 Å². The summed E-state index contributed by atoms with van der Waals surface area (Å²) < 4.78 is 12.4. The van der Waals surface area contributed by atoms with E-state index >= 15 is 0 Å². The molecule has 1 spiro atoms. The minimum absolute atomic E-state index is 0.168. The zero-order valence-electron chi connectivity index (χ0n) is 20.9. The molecule has 3 aliphatic rings. The van der Waals surface area contributed by atoms with E-state index in [0.717, 1.165) is 55.8 Å². The van der Waals surface area contributed by atoms with E-state index in [1.54, 1.807) is 0 Å². The second-order valence-electron chi connectivity index (χ2n) is 11.4. The average molecular weight is 463 g/mol. The maximum Gasteiger partial charge on any atom is 0.307 e. The highest BCUT2D eigenvalue weighted by Crippen LogP contribution is 2.60. The summed E-state index contributed by atoms with van der Waals surface area (Å²) in [6.45, 7) is 8.14. The molecule has 0 saturated heterocycles. The van der Waals surface area contributed by atoms with Crippen LogP contribution in [0.1, 0.15) is 93.9 Å². The first kappa shape index (κ1) is 23.3. The third-order valence-corrected chi connectivity index (χ3v) is 8.63. The van der Waals surface area contributed by atoms with Gasteiger partial charge in [-0.2, -0.15) is 0 Å². The van der Waals surface area contributed by atoms with E-state index < -0.39 is 5.97 Å². The molecule has 5 rings (SSSR count). The number of carbonyl (C=O) groups is 1. The zero-order chi connectivity index (χ0) is 23.9. The highest BCUT2D eigenvalue weighted by atomic mass is 16.5. The summed E-state index contributed by atoms with van der Waals surface area (Å²) >= 11 is 0. The van der Waals surface area contributed by atoms with Crippen LogP contribution in [0.3, 0.4) is 0 Å². The molecule has 0 aromatic heterocycles. The Morgan fingerprint density at radius 3 is 2.65 bits per heavy atom. The lowest BCUT2D eigenvalue weighted by Crippen LogP contribution is -2.21. The van der Waals surface area contributed by atoms with Crippen LogP contribution in [0.15, 0.2) is 36.4 Å². The first-order valence-electron chi connectivity index (χ1n) is 13.1. The van der Waals surface area contributed by atoms with Crippen LogP contribution >= 0.6 is 0 Å². The smallest absolute Gasteiger partial charge is 0.307 e. The summed E-state index contributed by atoms with van der Waals surface area (Å²) in [6, 6.07) is 12.9. The van der Waals surface area contributed by atoms with Gasteiger partial charge in [0.05, 0.1) is 12.5 Å². The minimum Gasteiger partial charge on any atom is -0.493 e. The molecule has 182 valence electrons. The van der Waals surface area contributed by atoms with E-state index in [2.05, 4.69) is 57.2 Å². The van der Waals surface area contributed by atoms with Gasteiger partial charge in [0.25, 0.3) is 0 Å². The van der Waals surface area contributed by atoms with E-state index in [-0.39, 0.29) is 16.7 Å². The standard InChI is InChI=1S/C30H38O4/c1-4-15-33-27-12-9-20(16-23(27)24-8-6-13-29(24,2)3)19-34-22-11-10-21-7-5-14-30(25(21)17-22)18-26(30)28(31)32/h9-12,16-17,24,26H,4-8,13-15,18-19H2,1-3H3,(H,31,32)/t24-,26+,30+/m0/s1. The lowest BCUT2D eigenvalue weighted by Gasteiger charge is -2.29. The SMILES string of the molecule is CCCOc1ccc(COc2ccc3c(c2)[C@@]2(CCC3)C[C@@H]2C(=O)O)cc1[C@@H]1CCCC1(C)C. The average Bonchev–Trinajstić information content (AvgIpc) is 3.43. The molecule has 3 atom stereocenters. The quantitative estimate of drug-likeness (QED) is 0.458. The number of rotatable bonds is 8. The van der Waals surface area contributed by atoms with Crippen LogP contribution < -0.4 is 9.47 Å². The summed E-state index contributed by atoms with van der Waals surface area (Å²) in [5.74, 6) is 1.47. The molecule has 2 aromatic carbocycles. The second kappa shape index (κ2) is 8.94. The number of aryl methyl sites for hydroxylation is 1. The number of benzene rings is 2. The number of carboxylic acid groups (broad SMARTS) is 1. The van der Waals surface area contributed by atoms with Crippen LogP contribution in [0.5, 0.6) is 11.5 Å². The fraction of sp³-hybridized carbons (Fsp3) is 0.567. The number of fused-ring (bicyclic) bond motifs is 2. The van der Waals surface area contributed by atoms with Gasteiger partial charge in [0.1, 0.15) is 18.1 Å². The van der Waals surface area contributed by atoms with E-state index in [1.165, 1.54) is 36.0 Å². The van der Waals surface area contributed by atoms with Gasteiger partial charge < -0.3 is 14.6 Å². The number of hydrogen-bond acceptors (Lipinski definition) is 3. The third kappa shape index (κ3) is 4.21. The van der Waals surface area contributed by atoms with Gasteiger partial charge in [0, 0.05) is 5.41 Å². The van der Waals surface area contributed by atoms with Crippen LogP contribution in [0.2, 0.25) is 0 Å². The van der Waals surface area contributed by atoms with Crippen molar-refractivity contribution < 1.29 is 19.4 Å². The van der Waals surface area contributed by atoms with Crippen molar-refractivity contribution in [2.24, 2.45) is 11.3 Å². The highest BCUT2D eigenvalue weighted by molar-refractivity contribution is 5.78. The van der Waals surface area contributed by atoms with Crippen LogP contribution in [-0.2, 0) is 23.2 Å². The van der Waals surface area contributed by atoms with Crippen molar-refractivity contribution in [3.05, 3.63) is 58.7 Å². The fourth-order valence-electron chi connectivity index (χ4n) is 6.63. The molecule has 2 fully saturated rings. The topological polar surface area (TPSA) is 55.8 Å². The fourth-order valence-corrected chi connectivity index (χ4v) is 6.63. The summed E-state index contributed by atoms with van der Waals surface area (Å²) in [5, 5.41) is 9.61. The molecule has 4 nitrogen and oxygen atoms in total. The lowest BCUT2D eigenvalue weighted by molar-refractivity contribution is -0.139. The molecule has 4 heteroatoms. The molecule has 0 unspecified atom stereocenters. The van der Waals surface area contributed by atoms with E-state index in [9.17, 15) is 9.90 Å². The Hall–Kier alpha value is -2.49. The summed E-state index contributed by atoms with van der Waals surface area (Å²) in [7, 11) is 0. The Labute approximate surface area is 203 Å². The summed E-state index contributed by atoms with van der Waals surface area (Å²) in [4.78, 5) is 11.7. The van der Waals surface area contributed by atoms with Gasteiger partial charge in [-0.1, -0.05) is 39.3 Å². The van der Waals surface area contributed by atoms with Gasteiger partial charge in [-0.05, 0) is 103 Å². The second-order valence-corrected chi connectivity index (χ2v) is 11.4. The Morgan fingerprint density at radius 1 is 1.09 bits per heavy atom. The molecule has 34 heavy (non-hydrogen) atoms. The van der Waals surface area contributed by atoms with Crippen LogP contribution in [0, 0.1) is 11.3 Å². The summed E-state index contributed by atoms with van der Waals surface area (Å²) in [5.41, 5.74) is 5.10. The van der Waals surface area contributed by atoms with Crippen molar-refractivity contribution in [3.63, 3.8) is 0 Å². The Morgan fingerprint density at radius 2 is 1.94 bits per heavy atom. The molecular formula is C30H38O4. The molecule has 0 aliphatic heterocycles. The Bertz CT molecular complexity index is 1070. The van der Waals surface area contributed by atoms with E-state index in [1.807, 2.05) is 0 Å². The minimum atomic E-state index is -0.660. The van der Waals surface area contributed by atoms with Crippen molar-refractivity contribution in [2.45, 2.75) is 90.1 Å². The maximum atomic E-state index is 11.7. The Balaban J connectivity index is 1.36. The summed E-state index contributed by atoms with van der Waals surface area (Å²) in [6.07, 6.45) is 8.56. The van der Waals surface area contributed by atoms with Crippen molar-refractivity contribution in [1.29, 1.82) is 0 Å².